The fourth-order valence-electron chi connectivity index (χ4n) is 0.560. The molecule has 0 aromatic rings. The van der Waals surface area contributed by atoms with Crippen molar-refractivity contribution >= 4 is 0 Å². The first-order valence-corrected chi connectivity index (χ1v) is 3.40. The fraction of sp³-hybridized carbons (Fsp3) is 0.200. The van der Waals surface area contributed by atoms with Crippen LogP contribution in [-0.4, -0.2) is 0 Å². The minimum absolute atomic E-state index is 1.22. The molecule has 0 fully saturated rings. The highest BCUT2D eigenvalue weighted by molar-refractivity contribution is 5.23. The van der Waals surface area contributed by atoms with Crippen LogP contribution in [0.1, 0.15) is 13.8 Å². The first kappa shape index (κ1) is 8.96. The van der Waals surface area contributed by atoms with E-state index in [1.54, 1.807) is 6.08 Å². The topological polar surface area (TPSA) is 0 Å². The smallest absolute Gasteiger partial charge is 0.0398 e. The normalized spacial score (nSPS) is 13.2. The molecule has 0 unspecified atom stereocenters. The van der Waals surface area contributed by atoms with Crippen molar-refractivity contribution in [2.45, 2.75) is 13.8 Å². The average Bonchev–Trinajstić information content (AvgIpc) is 1.89. The van der Waals surface area contributed by atoms with E-state index in [4.69, 9.17) is 0 Å². The summed E-state index contributed by atoms with van der Waals surface area (Å²) >= 11 is 0. The third-order valence-corrected chi connectivity index (χ3v) is 1.04. The predicted molar refractivity (Wildman–Crippen MR) is 47.9 cm³/mol. The van der Waals surface area contributed by atoms with Crippen molar-refractivity contribution in [1.82, 2.24) is 0 Å². The minimum atomic E-state index is 1.22. The number of hydrogen-bond donors (Lipinski definition) is 0. The molecule has 0 spiro atoms. The number of hydrogen-bond acceptors (Lipinski definition) is 0. The van der Waals surface area contributed by atoms with Crippen LogP contribution in [0.25, 0.3) is 0 Å². The van der Waals surface area contributed by atoms with E-state index < -0.39 is 0 Å². The fourth-order valence-corrected chi connectivity index (χ4v) is 0.560. The molecule has 0 aromatic carbocycles. The Hall–Kier alpha value is -1.04. The molecule has 0 bridgehead atoms. The van der Waals surface area contributed by atoms with Crippen LogP contribution in [0, 0.1) is 0 Å². The zero-order valence-electron chi connectivity index (χ0n) is 6.67. The van der Waals surface area contributed by atoms with Gasteiger partial charge in [0.1, 0.15) is 0 Å². The summed E-state index contributed by atoms with van der Waals surface area (Å²) in [5.74, 6) is 0. The van der Waals surface area contributed by atoms with Gasteiger partial charge in [0.2, 0.25) is 0 Å². The standard InChI is InChI=1S/C10H14/c1-4-6-7-9-10(3)8-5-2/h4-9H,2H2,1,3H3/b6-4+,9-7-,10-8-. The summed E-state index contributed by atoms with van der Waals surface area (Å²) in [6.45, 7) is 7.64. The lowest BCUT2D eigenvalue weighted by Crippen LogP contribution is -1.62. The third-order valence-electron chi connectivity index (χ3n) is 1.04. The summed E-state index contributed by atoms with van der Waals surface area (Å²) in [6.07, 6.45) is 11.8. The van der Waals surface area contributed by atoms with Gasteiger partial charge in [-0.15, -0.1) is 0 Å². The molecular formula is C10H14. The Morgan fingerprint density at radius 2 is 2.00 bits per heavy atom. The molecule has 0 aliphatic rings. The maximum Gasteiger partial charge on any atom is -0.0398 e. The van der Waals surface area contributed by atoms with Crippen LogP contribution in [0.4, 0.5) is 0 Å². The molecule has 0 amide bonds. The summed E-state index contributed by atoms with van der Waals surface area (Å²) in [6, 6.07) is 0. The van der Waals surface area contributed by atoms with E-state index in [-0.39, 0.29) is 0 Å². The SMILES string of the molecule is C=C\C=C(C)/C=C\C=C\C. The highest BCUT2D eigenvalue weighted by Gasteiger charge is 1.73. The van der Waals surface area contributed by atoms with Crippen molar-refractivity contribution in [2.24, 2.45) is 0 Å². The maximum atomic E-state index is 3.60. The van der Waals surface area contributed by atoms with E-state index in [1.807, 2.05) is 44.2 Å². The Bertz CT molecular complexity index is 168. The second kappa shape index (κ2) is 6.09. The van der Waals surface area contributed by atoms with Gasteiger partial charge in [0.15, 0.2) is 0 Å². The van der Waals surface area contributed by atoms with E-state index in [9.17, 15) is 0 Å². The lowest BCUT2D eigenvalue weighted by atomic mass is 10.2. The summed E-state index contributed by atoms with van der Waals surface area (Å²) < 4.78 is 0. The average molecular weight is 134 g/mol. The highest BCUT2D eigenvalue weighted by atomic mass is 13.8. The van der Waals surface area contributed by atoms with Crippen molar-refractivity contribution in [3.8, 4) is 0 Å². The molecular weight excluding hydrogens is 120 g/mol. The monoisotopic (exact) mass is 134 g/mol. The molecule has 0 nitrogen and oxygen atoms in total. The van der Waals surface area contributed by atoms with Gasteiger partial charge >= 0.3 is 0 Å². The lowest BCUT2D eigenvalue weighted by molar-refractivity contribution is 1.52. The van der Waals surface area contributed by atoms with E-state index >= 15 is 0 Å². The zero-order chi connectivity index (χ0) is 7.82. The first-order valence-electron chi connectivity index (χ1n) is 3.40. The van der Waals surface area contributed by atoms with Crippen molar-refractivity contribution in [3.63, 3.8) is 0 Å². The van der Waals surface area contributed by atoms with Crippen LogP contribution >= 0.6 is 0 Å². The molecule has 10 heavy (non-hydrogen) atoms. The second-order valence-corrected chi connectivity index (χ2v) is 2.03. The highest BCUT2D eigenvalue weighted by Crippen LogP contribution is 1.94. The van der Waals surface area contributed by atoms with Crippen LogP contribution in [0.2, 0.25) is 0 Å². The van der Waals surface area contributed by atoms with Gasteiger partial charge in [0.05, 0.1) is 0 Å². The van der Waals surface area contributed by atoms with E-state index in [2.05, 4.69) is 6.58 Å². The van der Waals surface area contributed by atoms with Gasteiger partial charge in [-0.25, -0.2) is 0 Å². The Labute approximate surface area is 63.3 Å². The van der Waals surface area contributed by atoms with Gasteiger partial charge in [-0.2, -0.15) is 0 Å². The molecule has 0 saturated carbocycles. The van der Waals surface area contributed by atoms with Crippen LogP contribution in [0.5, 0.6) is 0 Å². The summed E-state index contributed by atoms with van der Waals surface area (Å²) in [4.78, 5) is 0. The number of allylic oxidation sites excluding steroid dienone is 7. The third kappa shape index (κ3) is 5.10. The van der Waals surface area contributed by atoms with Gasteiger partial charge in [0.25, 0.3) is 0 Å². The summed E-state index contributed by atoms with van der Waals surface area (Å²) in [7, 11) is 0. The Kier molecular flexibility index (Phi) is 5.45. The molecule has 0 aliphatic heterocycles. The van der Waals surface area contributed by atoms with Gasteiger partial charge in [-0.1, -0.05) is 48.6 Å². The molecule has 0 rings (SSSR count). The molecule has 0 aliphatic carbocycles. The largest absolute Gasteiger partial charge is 0.0991 e. The quantitative estimate of drug-likeness (QED) is 0.520. The predicted octanol–water partition coefficient (Wildman–Crippen LogP) is 3.25. The molecule has 54 valence electrons. The second-order valence-electron chi connectivity index (χ2n) is 2.03. The van der Waals surface area contributed by atoms with E-state index in [0.717, 1.165) is 0 Å². The Morgan fingerprint density at radius 3 is 2.50 bits per heavy atom. The molecule has 0 saturated heterocycles. The molecule has 0 N–H and O–H groups in total. The van der Waals surface area contributed by atoms with Gasteiger partial charge in [-0.05, 0) is 13.8 Å². The van der Waals surface area contributed by atoms with Crippen molar-refractivity contribution in [3.05, 3.63) is 48.6 Å². The molecule has 0 atom stereocenters. The first-order chi connectivity index (χ1) is 4.81. The van der Waals surface area contributed by atoms with E-state index in [0.29, 0.717) is 0 Å². The minimum Gasteiger partial charge on any atom is -0.0991 e. The van der Waals surface area contributed by atoms with Crippen LogP contribution in [-0.2, 0) is 0 Å². The summed E-state index contributed by atoms with van der Waals surface area (Å²) in [5.41, 5.74) is 1.22. The van der Waals surface area contributed by atoms with Crippen molar-refractivity contribution in [2.75, 3.05) is 0 Å². The van der Waals surface area contributed by atoms with Crippen LogP contribution < -0.4 is 0 Å². The van der Waals surface area contributed by atoms with E-state index in [1.165, 1.54) is 5.57 Å². The molecule has 0 heteroatoms. The maximum absolute atomic E-state index is 3.60. The lowest BCUT2D eigenvalue weighted by Gasteiger charge is -1.83. The Morgan fingerprint density at radius 1 is 1.30 bits per heavy atom. The molecule has 0 radical (unpaired) electrons. The summed E-state index contributed by atoms with van der Waals surface area (Å²) in [5, 5.41) is 0. The van der Waals surface area contributed by atoms with Crippen LogP contribution in [0.15, 0.2) is 48.6 Å². The van der Waals surface area contributed by atoms with Gasteiger partial charge < -0.3 is 0 Å². The van der Waals surface area contributed by atoms with Crippen molar-refractivity contribution in [1.29, 1.82) is 0 Å². The molecule has 0 aromatic heterocycles. The van der Waals surface area contributed by atoms with Crippen LogP contribution in [0.3, 0.4) is 0 Å². The number of rotatable bonds is 3. The molecule has 0 heterocycles. The Balaban J connectivity index is 3.88. The van der Waals surface area contributed by atoms with Gasteiger partial charge in [0, 0.05) is 0 Å². The van der Waals surface area contributed by atoms with Crippen molar-refractivity contribution < 1.29 is 0 Å². The zero-order valence-corrected chi connectivity index (χ0v) is 6.67. The van der Waals surface area contributed by atoms with Gasteiger partial charge in [-0.3, -0.25) is 0 Å².